The van der Waals surface area contributed by atoms with Gasteiger partial charge in [-0.05, 0) is 23.8 Å². The number of hydrogen-bond donors (Lipinski definition) is 2. The van der Waals surface area contributed by atoms with E-state index in [2.05, 4.69) is 21.2 Å². The zero-order valence-electron chi connectivity index (χ0n) is 10.9. The maximum Gasteiger partial charge on any atom is 0.228 e. The van der Waals surface area contributed by atoms with Gasteiger partial charge in [-0.15, -0.1) is 0 Å². The first kappa shape index (κ1) is 15.6. The Kier molecular flexibility index (Phi) is 5.03. The van der Waals surface area contributed by atoms with E-state index < -0.39 is 5.82 Å². The minimum absolute atomic E-state index is 0.142. The predicted molar refractivity (Wildman–Crippen MR) is 88.8 cm³/mol. The van der Waals surface area contributed by atoms with E-state index in [0.29, 0.717) is 9.46 Å². The Labute approximate surface area is 135 Å². The predicted octanol–water partition coefficient (Wildman–Crippen LogP) is 3.40. The second-order valence-corrected chi connectivity index (χ2v) is 5.77. The van der Waals surface area contributed by atoms with Gasteiger partial charge in [0.15, 0.2) is 0 Å². The third-order valence-corrected chi connectivity index (χ3v) is 3.53. The third kappa shape index (κ3) is 4.34. The lowest BCUT2D eigenvalue weighted by Gasteiger charge is -2.07. The van der Waals surface area contributed by atoms with Gasteiger partial charge in [-0.1, -0.05) is 52.4 Å². The number of nitrogens with two attached hydrogens (primary N) is 1. The lowest BCUT2D eigenvalue weighted by atomic mass is 10.1. The molecule has 2 aromatic carbocycles. The molecule has 0 fully saturated rings. The van der Waals surface area contributed by atoms with Crippen LogP contribution < -0.4 is 11.1 Å². The number of thiocarbonyl (C=S) groups is 1. The van der Waals surface area contributed by atoms with Crippen LogP contribution in [0.3, 0.4) is 0 Å². The van der Waals surface area contributed by atoms with Gasteiger partial charge in [-0.3, -0.25) is 4.79 Å². The molecule has 0 spiro atoms. The minimum Gasteiger partial charge on any atom is -0.389 e. The molecule has 0 aliphatic rings. The van der Waals surface area contributed by atoms with E-state index in [0.717, 1.165) is 11.1 Å². The number of rotatable bonds is 4. The topological polar surface area (TPSA) is 55.1 Å². The minimum atomic E-state index is -0.477. The highest BCUT2D eigenvalue weighted by Crippen LogP contribution is 2.20. The van der Waals surface area contributed by atoms with Crippen LogP contribution in [0.2, 0.25) is 0 Å². The average Bonchev–Trinajstić information content (AvgIpc) is 2.43. The molecule has 0 heterocycles. The van der Waals surface area contributed by atoms with Crippen molar-refractivity contribution < 1.29 is 9.18 Å². The molecule has 0 saturated carbocycles. The Bertz CT molecular complexity index is 689. The average molecular weight is 367 g/mol. The summed E-state index contributed by atoms with van der Waals surface area (Å²) < 4.78 is 14.2. The molecule has 0 bridgehead atoms. The van der Waals surface area contributed by atoms with E-state index in [4.69, 9.17) is 18.0 Å². The van der Waals surface area contributed by atoms with Crippen LogP contribution in [0.25, 0.3) is 0 Å². The molecule has 6 heteroatoms. The summed E-state index contributed by atoms with van der Waals surface area (Å²) in [6, 6.07) is 11.4. The summed E-state index contributed by atoms with van der Waals surface area (Å²) >= 11 is 8.09. The highest BCUT2D eigenvalue weighted by molar-refractivity contribution is 9.10. The normalized spacial score (nSPS) is 10.2. The quantitative estimate of drug-likeness (QED) is 0.815. The van der Waals surface area contributed by atoms with Crippen molar-refractivity contribution in [3.63, 3.8) is 0 Å². The van der Waals surface area contributed by atoms with E-state index in [-0.39, 0.29) is 18.0 Å². The fraction of sp³-hybridized carbons (Fsp3) is 0.0667. The van der Waals surface area contributed by atoms with Gasteiger partial charge < -0.3 is 11.1 Å². The van der Waals surface area contributed by atoms with Gasteiger partial charge in [0.05, 0.1) is 12.1 Å². The molecule has 3 nitrogen and oxygen atoms in total. The van der Waals surface area contributed by atoms with Gasteiger partial charge in [-0.25, -0.2) is 4.39 Å². The standard InChI is InChI=1S/C15H12BrFN2OS/c16-11-5-6-12(17)13(8-11)19-14(20)7-9-1-3-10(4-2-9)15(18)21/h1-6,8H,7H2,(H2,18,21)(H,19,20). The summed E-state index contributed by atoms with van der Waals surface area (Å²) in [5, 5.41) is 2.54. The van der Waals surface area contributed by atoms with Crippen LogP contribution in [-0.4, -0.2) is 10.9 Å². The molecule has 0 radical (unpaired) electrons. The summed E-state index contributed by atoms with van der Waals surface area (Å²) in [5.41, 5.74) is 7.19. The van der Waals surface area contributed by atoms with E-state index in [1.54, 1.807) is 30.3 Å². The fourth-order valence-corrected chi connectivity index (χ4v) is 2.26. The highest BCUT2D eigenvalue weighted by Gasteiger charge is 2.08. The number of hydrogen-bond acceptors (Lipinski definition) is 2. The number of amides is 1. The van der Waals surface area contributed by atoms with Crippen LogP contribution in [0.15, 0.2) is 46.9 Å². The van der Waals surface area contributed by atoms with Crippen LogP contribution in [0.4, 0.5) is 10.1 Å². The van der Waals surface area contributed by atoms with Crippen molar-refractivity contribution >= 4 is 44.7 Å². The summed E-state index contributed by atoms with van der Waals surface area (Å²) in [6.45, 7) is 0. The first-order chi connectivity index (χ1) is 9.95. The van der Waals surface area contributed by atoms with Crippen LogP contribution in [-0.2, 0) is 11.2 Å². The molecule has 0 saturated heterocycles. The third-order valence-electron chi connectivity index (χ3n) is 2.81. The summed E-state index contributed by atoms with van der Waals surface area (Å²) in [6.07, 6.45) is 0.142. The van der Waals surface area contributed by atoms with Gasteiger partial charge >= 0.3 is 0 Å². The van der Waals surface area contributed by atoms with Crippen molar-refractivity contribution in [2.45, 2.75) is 6.42 Å². The second kappa shape index (κ2) is 6.78. The van der Waals surface area contributed by atoms with E-state index in [1.807, 2.05) is 0 Å². The first-order valence-corrected chi connectivity index (χ1v) is 7.29. The molecule has 3 N–H and O–H groups in total. The SMILES string of the molecule is NC(=S)c1ccc(CC(=O)Nc2cc(Br)ccc2F)cc1. The van der Waals surface area contributed by atoms with Gasteiger partial charge in [0, 0.05) is 10.0 Å². The Morgan fingerprint density at radius 2 is 1.90 bits per heavy atom. The van der Waals surface area contributed by atoms with Crippen LogP contribution in [0.1, 0.15) is 11.1 Å². The Hall–Kier alpha value is -1.79. The van der Waals surface area contributed by atoms with Crippen LogP contribution >= 0.6 is 28.1 Å². The Morgan fingerprint density at radius 1 is 1.24 bits per heavy atom. The van der Waals surface area contributed by atoms with Crippen molar-refractivity contribution in [3.8, 4) is 0 Å². The lowest BCUT2D eigenvalue weighted by Crippen LogP contribution is -2.15. The first-order valence-electron chi connectivity index (χ1n) is 6.09. The molecule has 0 aliphatic carbocycles. The van der Waals surface area contributed by atoms with Crippen molar-refractivity contribution in [2.75, 3.05) is 5.32 Å². The highest BCUT2D eigenvalue weighted by atomic mass is 79.9. The number of anilines is 1. The second-order valence-electron chi connectivity index (χ2n) is 4.41. The van der Waals surface area contributed by atoms with Gasteiger partial charge in [0.1, 0.15) is 10.8 Å². The van der Waals surface area contributed by atoms with Gasteiger partial charge in [-0.2, -0.15) is 0 Å². The van der Waals surface area contributed by atoms with Crippen molar-refractivity contribution in [1.29, 1.82) is 0 Å². The van der Waals surface area contributed by atoms with Crippen LogP contribution in [0, 0.1) is 5.82 Å². The van der Waals surface area contributed by atoms with E-state index in [1.165, 1.54) is 12.1 Å². The number of benzene rings is 2. The molecule has 2 aromatic rings. The van der Waals surface area contributed by atoms with Gasteiger partial charge in [0.25, 0.3) is 0 Å². The zero-order chi connectivity index (χ0) is 15.4. The molecule has 0 aromatic heterocycles. The number of nitrogens with one attached hydrogen (secondary N) is 1. The molecule has 108 valence electrons. The molecule has 2 rings (SSSR count). The molecule has 21 heavy (non-hydrogen) atoms. The molecule has 0 unspecified atom stereocenters. The van der Waals surface area contributed by atoms with Crippen LogP contribution in [0.5, 0.6) is 0 Å². The number of carbonyl (C=O) groups excluding carboxylic acids is 1. The molecule has 0 aliphatic heterocycles. The molecular formula is C15H12BrFN2OS. The molecule has 0 atom stereocenters. The summed E-state index contributed by atoms with van der Waals surface area (Å²) in [5.74, 6) is -0.773. The van der Waals surface area contributed by atoms with Crippen molar-refractivity contribution in [1.82, 2.24) is 0 Å². The smallest absolute Gasteiger partial charge is 0.228 e. The van der Waals surface area contributed by atoms with Crippen molar-refractivity contribution in [3.05, 3.63) is 63.9 Å². The maximum atomic E-state index is 13.5. The summed E-state index contributed by atoms with van der Waals surface area (Å²) in [7, 11) is 0. The number of halogens is 2. The Balaban J connectivity index is 2.04. The van der Waals surface area contributed by atoms with Gasteiger partial charge in [0.2, 0.25) is 5.91 Å². The Morgan fingerprint density at radius 3 is 2.52 bits per heavy atom. The monoisotopic (exact) mass is 366 g/mol. The molecule has 1 amide bonds. The largest absolute Gasteiger partial charge is 0.389 e. The van der Waals surface area contributed by atoms with E-state index in [9.17, 15) is 9.18 Å². The van der Waals surface area contributed by atoms with E-state index >= 15 is 0 Å². The molecular weight excluding hydrogens is 355 g/mol. The zero-order valence-corrected chi connectivity index (χ0v) is 13.3. The summed E-state index contributed by atoms with van der Waals surface area (Å²) in [4.78, 5) is 12.2. The van der Waals surface area contributed by atoms with Crippen molar-refractivity contribution in [2.24, 2.45) is 5.73 Å². The lowest BCUT2D eigenvalue weighted by molar-refractivity contribution is -0.115. The fourth-order valence-electron chi connectivity index (χ4n) is 1.76. The maximum absolute atomic E-state index is 13.5. The number of carbonyl (C=O) groups is 1.